The van der Waals surface area contributed by atoms with Crippen LogP contribution in [0, 0.1) is 5.92 Å². The van der Waals surface area contributed by atoms with Crippen molar-refractivity contribution in [3.63, 3.8) is 0 Å². The quantitative estimate of drug-likeness (QED) is 0.448. The number of aromatic nitrogens is 1. The smallest absolute Gasteiger partial charge is 0.407 e. The van der Waals surface area contributed by atoms with E-state index in [-0.39, 0.29) is 11.8 Å². The van der Waals surface area contributed by atoms with Crippen LogP contribution in [0.15, 0.2) is 23.6 Å². The molecule has 2 N–H and O–H groups in total. The summed E-state index contributed by atoms with van der Waals surface area (Å²) in [7, 11) is 0. The molecular weight excluding hydrogens is 499 g/mol. The molecular formula is C23H30Cl2N4O4S. The second kappa shape index (κ2) is 12.2. The van der Waals surface area contributed by atoms with Crippen molar-refractivity contribution in [1.82, 2.24) is 15.2 Å². The molecule has 186 valence electrons. The minimum absolute atomic E-state index is 0.0315. The number of likely N-dealkylation sites (tertiary alicyclic amines) is 1. The van der Waals surface area contributed by atoms with Crippen molar-refractivity contribution in [2.24, 2.45) is 5.92 Å². The third-order valence-electron chi connectivity index (χ3n) is 5.03. The van der Waals surface area contributed by atoms with Gasteiger partial charge in [-0.15, -0.1) is 11.3 Å². The lowest BCUT2D eigenvalue weighted by Gasteiger charge is -2.19. The number of hydrogen-bond donors (Lipinski definition) is 2. The lowest BCUT2D eigenvalue weighted by Crippen LogP contribution is -2.34. The summed E-state index contributed by atoms with van der Waals surface area (Å²) in [5, 5.41) is 9.12. The van der Waals surface area contributed by atoms with Crippen LogP contribution in [0.1, 0.15) is 27.2 Å². The number of thiazole rings is 1. The van der Waals surface area contributed by atoms with Crippen LogP contribution in [-0.2, 0) is 14.3 Å². The Balaban J connectivity index is 1.34. The normalized spacial score (nSPS) is 16.4. The summed E-state index contributed by atoms with van der Waals surface area (Å²) >= 11 is 13.5. The number of alkyl carbamates (subject to hydrolysis) is 1. The zero-order chi connectivity index (χ0) is 24.7. The number of ether oxygens (including phenoxy) is 2. The molecule has 0 bridgehead atoms. The lowest BCUT2D eigenvalue weighted by atomic mass is 10.1. The summed E-state index contributed by atoms with van der Waals surface area (Å²) in [5.74, 6) is 0.412. The number of nitrogens with zero attached hydrogens (tertiary/aromatic N) is 2. The molecule has 1 atom stereocenters. The van der Waals surface area contributed by atoms with Gasteiger partial charge >= 0.3 is 6.09 Å². The van der Waals surface area contributed by atoms with Crippen LogP contribution in [0.4, 0.5) is 10.6 Å². The zero-order valence-electron chi connectivity index (χ0n) is 19.5. The average molecular weight is 529 g/mol. The van der Waals surface area contributed by atoms with Gasteiger partial charge in [-0.2, -0.15) is 0 Å². The summed E-state index contributed by atoms with van der Waals surface area (Å²) in [6.07, 6.45) is 0.337. The maximum Gasteiger partial charge on any atom is 0.407 e. The third-order valence-corrected chi connectivity index (χ3v) is 6.66. The minimum atomic E-state index is -0.518. The summed E-state index contributed by atoms with van der Waals surface area (Å²) in [4.78, 5) is 31.0. The predicted molar refractivity (Wildman–Crippen MR) is 136 cm³/mol. The van der Waals surface area contributed by atoms with Gasteiger partial charge in [-0.25, -0.2) is 9.78 Å². The van der Waals surface area contributed by atoms with Crippen LogP contribution < -0.4 is 10.6 Å². The van der Waals surface area contributed by atoms with Crippen molar-refractivity contribution < 1.29 is 19.1 Å². The highest BCUT2D eigenvalue weighted by atomic mass is 35.5. The summed E-state index contributed by atoms with van der Waals surface area (Å²) < 4.78 is 10.8. The summed E-state index contributed by atoms with van der Waals surface area (Å²) in [6, 6.07) is 5.34. The first kappa shape index (κ1) is 26.7. The van der Waals surface area contributed by atoms with Crippen molar-refractivity contribution in [2.45, 2.75) is 32.8 Å². The first-order chi connectivity index (χ1) is 16.1. The van der Waals surface area contributed by atoms with E-state index in [0.29, 0.717) is 42.2 Å². The monoisotopic (exact) mass is 528 g/mol. The molecule has 0 aliphatic carbocycles. The molecule has 1 aromatic heterocycles. The largest absolute Gasteiger partial charge is 0.444 e. The Labute approximate surface area is 213 Å². The van der Waals surface area contributed by atoms with E-state index in [1.54, 1.807) is 12.1 Å². The van der Waals surface area contributed by atoms with Crippen LogP contribution >= 0.6 is 34.5 Å². The second-order valence-electron chi connectivity index (χ2n) is 8.98. The average Bonchev–Trinajstić information content (AvgIpc) is 3.41. The number of carbonyl (C=O) groups excluding carboxylic acids is 2. The van der Waals surface area contributed by atoms with Crippen LogP contribution in [0.3, 0.4) is 0 Å². The van der Waals surface area contributed by atoms with E-state index in [2.05, 4.69) is 20.5 Å². The molecule has 11 heteroatoms. The third kappa shape index (κ3) is 8.39. The molecule has 1 saturated heterocycles. The van der Waals surface area contributed by atoms with Gasteiger partial charge in [0, 0.05) is 30.6 Å². The molecule has 1 aliphatic heterocycles. The SMILES string of the molecule is CC(C)(C)OC(=O)NCCOCCN1CCC(C(=O)Nc2csc(-c3ccc(Cl)c(Cl)c3)n2)C1. The topological polar surface area (TPSA) is 92.8 Å². The molecule has 1 unspecified atom stereocenters. The van der Waals surface area contributed by atoms with E-state index >= 15 is 0 Å². The van der Waals surface area contributed by atoms with E-state index < -0.39 is 11.7 Å². The molecule has 0 radical (unpaired) electrons. The van der Waals surface area contributed by atoms with Crippen molar-refractivity contribution in [2.75, 3.05) is 44.7 Å². The molecule has 1 fully saturated rings. The number of amides is 2. The number of carbonyl (C=O) groups is 2. The summed E-state index contributed by atoms with van der Waals surface area (Å²) in [5.41, 5.74) is 0.337. The Morgan fingerprint density at radius 3 is 2.76 bits per heavy atom. The van der Waals surface area contributed by atoms with Crippen LogP contribution in [0.5, 0.6) is 0 Å². The van der Waals surface area contributed by atoms with Gasteiger partial charge in [-0.05, 0) is 45.9 Å². The number of hydrogen-bond acceptors (Lipinski definition) is 7. The highest BCUT2D eigenvalue weighted by Gasteiger charge is 2.28. The standard InChI is InChI=1S/C23H30Cl2N4O4S/c1-23(2,3)33-22(31)26-7-10-32-11-9-29-8-6-16(13-29)20(30)27-19-14-34-21(28-19)15-4-5-17(24)18(25)12-15/h4-5,12,14,16H,6-11,13H2,1-3H3,(H,26,31)(H,27,30). The highest BCUT2D eigenvalue weighted by Crippen LogP contribution is 2.31. The molecule has 1 aromatic carbocycles. The van der Waals surface area contributed by atoms with Crippen LogP contribution in [0.25, 0.3) is 10.6 Å². The molecule has 3 rings (SSSR count). The lowest BCUT2D eigenvalue weighted by molar-refractivity contribution is -0.119. The number of nitrogens with one attached hydrogen (secondary N) is 2. The molecule has 0 saturated carbocycles. The Morgan fingerprint density at radius 1 is 1.24 bits per heavy atom. The molecule has 2 amide bonds. The molecule has 34 heavy (non-hydrogen) atoms. The Bertz CT molecular complexity index is 996. The molecule has 2 heterocycles. The van der Waals surface area contributed by atoms with E-state index in [0.717, 1.165) is 30.1 Å². The number of benzene rings is 1. The van der Waals surface area contributed by atoms with Gasteiger partial charge in [-0.3, -0.25) is 4.79 Å². The van der Waals surface area contributed by atoms with Gasteiger partial charge in [0.1, 0.15) is 16.4 Å². The fourth-order valence-corrected chi connectivity index (χ4v) is 4.45. The maximum atomic E-state index is 12.7. The van der Waals surface area contributed by atoms with Gasteiger partial charge in [0.05, 0.1) is 29.2 Å². The zero-order valence-corrected chi connectivity index (χ0v) is 21.9. The van der Waals surface area contributed by atoms with Crippen molar-refractivity contribution in [1.29, 1.82) is 0 Å². The van der Waals surface area contributed by atoms with Gasteiger partial charge in [0.2, 0.25) is 5.91 Å². The Hall–Kier alpha value is -1.91. The van der Waals surface area contributed by atoms with Crippen LogP contribution in [-0.4, -0.2) is 66.9 Å². The van der Waals surface area contributed by atoms with Crippen molar-refractivity contribution >= 4 is 52.4 Å². The Morgan fingerprint density at radius 2 is 2.03 bits per heavy atom. The van der Waals surface area contributed by atoms with E-state index in [9.17, 15) is 9.59 Å². The van der Waals surface area contributed by atoms with Gasteiger partial charge in [-0.1, -0.05) is 29.3 Å². The maximum absolute atomic E-state index is 12.7. The number of anilines is 1. The summed E-state index contributed by atoms with van der Waals surface area (Å²) in [6.45, 7) is 9.02. The fourth-order valence-electron chi connectivity index (χ4n) is 3.41. The molecule has 2 aromatic rings. The first-order valence-corrected chi connectivity index (χ1v) is 12.7. The predicted octanol–water partition coefficient (Wildman–Crippen LogP) is 4.92. The van der Waals surface area contributed by atoms with Crippen LogP contribution in [0.2, 0.25) is 10.0 Å². The van der Waals surface area contributed by atoms with Gasteiger partial charge in [0.15, 0.2) is 0 Å². The van der Waals surface area contributed by atoms with Gasteiger partial charge in [0.25, 0.3) is 0 Å². The van der Waals surface area contributed by atoms with E-state index in [1.807, 2.05) is 32.2 Å². The number of rotatable bonds is 9. The second-order valence-corrected chi connectivity index (χ2v) is 10.7. The number of halogens is 2. The molecule has 8 nitrogen and oxygen atoms in total. The van der Waals surface area contributed by atoms with Crippen molar-refractivity contribution in [3.8, 4) is 10.6 Å². The fraction of sp³-hybridized carbons (Fsp3) is 0.522. The first-order valence-electron chi connectivity index (χ1n) is 11.1. The minimum Gasteiger partial charge on any atom is -0.444 e. The highest BCUT2D eigenvalue weighted by molar-refractivity contribution is 7.13. The van der Waals surface area contributed by atoms with Crippen molar-refractivity contribution in [3.05, 3.63) is 33.6 Å². The van der Waals surface area contributed by atoms with E-state index in [4.69, 9.17) is 32.7 Å². The van der Waals surface area contributed by atoms with Gasteiger partial charge < -0.3 is 25.0 Å². The Kier molecular flexibility index (Phi) is 9.56. The molecule has 0 spiro atoms. The molecule has 1 aliphatic rings. The van der Waals surface area contributed by atoms with E-state index in [1.165, 1.54) is 11.3 Å².